The largest absolute Gasteiger partial charge is 0.159 e. The Bertz CT molecular complexity index is 277. The van der Waals surface area contributed by atoms with Crippen LogP contribution in [0, 0.1) is 0 Å². The van der Waals surface area contributed by atoms with E-state index in [2.05, 4.69) is 16.3 Å². The molecule has 1 aliphatic rings. The highest BCUT2D eigenvalue weighted by atomic mass is 15.1. The quantitative estimate of drug-likeness (QED) is 0.630. The van der Waals surface area contributed by atoms with Crippen molar-refractivity contribution in [1.29, 1.82) is 0 Å². The molecule has 0 fully saturated rings. The fraction of sp³-hybridized carbons (Fsp3) is 0.400. The highest BCUT2D eigenvalue weighted by Crippen LogP contribution is 2.25. The molecule has 62 valence electrons. The van der Waals surface area contributed by atoms with Gasteiger partial charge in [-0.05, 0) is 42.9 Å². The van der Waals surface area contributed by atoms with Gasteiger partial charge in [0, 0.05) is 0 Å². The third-order valence-corrected chi connectivity index (χ3v) is 2.25. The molecule has 0 aliphatic heterocycles. The van der Waals surface area contributed by atoms with Crippen LogP contribution in [0.4, 0.5) is 0 Å². The molecule has 0 atom stereocenters. The Hall–Kier alpha value is -1.18. The van der Waals surface area contributed by atoms with Gasteiger partial charge < -0.3 is 0 Å². The first-order valence-corrected chi connectivity index (χ1v) is 4.43. The lowest BCUT2D eigenvalue weighted by Crippen LogP contribution is -1.92. The van der Waals surface area contributed by atoms with Crippen molar-refractivity contribution in [2.45, 2.75) is 25.7 Å². The van der Waals surface area contributed by atoms with Crippen molar-refractivity contribution in [2.75, 3.05) is 0 Å². The zero-order chi connectivity index (χ0) is 8.23. The Morgan fingerprint density at radius 3 is 2.83 bits per heavy atom. The van der Waals surface area contributed by atoms with Gasteiger partial charge in [0.15, 0.2) is 0 Å². The summed E-state index contributed by atoms with van der Waals surface area (Å²) in [7, 11) is 0. The Balaban J connectivity index is 2.24. The maximum Gasteiger partial charge on any atom is 0.0571 e. The topological polar surface area (TPSA) is 25.8 Å². The van der Waals surface area contributed by atoms with E-state index < -0.39 is 0 Å². The van der Waals surface area contributed by atoms with Crippen LogP contribution in [0.25, 0.3) is 5.57 Å². The third kappa shape index (κ3) is 1.52. The molecule has 1 aliphatic carbocycles. The summed E-state index contributed by atoms with van der Waals surface area (Å²) in [6.07, 6.45) is 11.0. The van der Waals surface area contributed by atoms with Gasteiger partial charge in [0.2, 0.25) is 0 Å². The summed E-state index contributed by atoms with van der Waals surface area (Å²) in [6.45, 7) is 0. The van der Waals surface area contributed by atoms with E-state index in [4.69, 9.17) is 0 Å². The van der Waals surface area contributed by atoms with E-state index in [9.17, 15) is 0 Å². The van der Waals surface area contributed by atoms with Gasteiger partial charge in [-0.3, -0.25) is 0 Å². The van der Waals surface area contributed by atoms with Crippen LogP contribution >= 0.6 is 0 Å². The summed E-state index contributed by atoms with van der Waals surface area (Å²) < 4.78 is 0. The van der Waals surface area contributed by atoms with Crippen LogP contribution < -0.4 is 0 Å². The number of allylic oxidation sites excluding steroid dienone is 2. The zero-order valence-corrected chi connectivity index (χ0v) is 7.03. The van der Waals surface area contributed by atoms with Gasteiger partial charge in [-0.25, -0.2) is 0 Å². The molecule has 0 bridgehead atoms. The molecule has 2 nitrogen and oxygen atoms in total. The Morgan fingerprint density at radius 2 is 2.17 bits per heavy atom. The maximum atomic E-state index is 3.87. The standard InChI is InChI=1S/C10H12N2/c1-2-4-9(5-3-1)10-6-7-11-12-8-10/h4,6-8H,1-3,5H2. The van der Waals surface area contributed by atoms with Crippen LogP contribution in [0.15, 0.2) is 24.5 Å². The van der Waals surface area contributed by atoms with Crippen molar-refractivity contribution in [2.24, 2.45) is 0 Å². The number of rotatable bonds is 1. The monoisotopic (exact) mass is 160 g/mol. The lowest BCUT2D eigenvalue weighted by atomic mass is 9.95. The van der Waals surface area contributed by atoms with Gasteiger partial charge in [-0.1, -0.05) is 6.08 Å². The predicted octanol–water partition coefficient (Wildman–Crippen LogP) is 2.43. The van der Waals surface area contributed by atoms with Gasteiger partial charge in [-0.15, -0.1) is 0 Å². The molecule has 2 rings (SSSR count). The SMILES string of the molecule is C1=C(c2ccnnc2)CCCC1. The average Bonchev–Trinajstić information content (AvgIpc) is 2.21. The van der Waals surface area contributed by atoms with Gasteiger partial charge in [0.1, 0.15) is 0 Å². The summed E-state index contributed by atoms with van der Waals surface area (Å²) in [5.74, 6) is 0. The minimum absolute atomic E-state index is 1.20. The minimum Gasteiger partial charge on any atom is -0.159 e. The van der Waals surface area contributed by atoms with E-state index >= 15 is 0 Å². The van der Waals surface area contributed by atoms with Crippen molar-refractivity contribution < 1.29 is 0 Å². The normalized spacial score (nSPS) is 17.2. The second-order valence-corrected chi connectivity index (χ2v) is 3.11. The highest BCUT2D eigenvalue weighted by molar-refractivity contribution is 5.64. The smallest absolute Gasteiger partial charge is 0.0571 e. The Morgan fingerprint density at radius 1 is 1.17 bits per heavy atom. The molecular formula is C10H12N2. The van der Waals surface area contributed by atoms with E-state index in [0.29, 0.717) is 0 Å². The van der Waals surface area contributed by atoms with Crippen molar-refractivity contribution in [3.05, 3.63) is 30.1 Å². The van der Waals surface area contributed by atoms with Crippen LogP contribution in [-0.4, -0.2) is 10.2 Å². The van der Waals surface area contributed by atoms with Gasteiger partial charge in [0.05, 0.1) is 12.4 Å². The second kappa shape index (κ2) is 3.48. The summed E-state index contributed by atoms with van der Waals surface area (Å²) in [4.78, 5) is 0. The first-order chi connectivity index (χ1) is 5.97. The molecule has 12 heavy (non-hydrogen) atoms. The van der Waals surface area contributed by atoms with Crippen LogP contribution in [0.5, 0.6) is 0 Å². The third-order valence-electron chi connectivity index (χ3n) is 2.25. The highest BCUT2D eigenvalue weighted by Gasteiger charge is 2.05. The van der Waals surface area contributed by atoms with Crippen molar-refractivity contribution in [3.63, 3.8) is 0 Å². The van der Waals surface area contributed by atoms with Gasteiger partial charge in [0.25, 0.3) is 0 Å². The molecule has 1 heterocycles. The second-order valence-electron chi connectivity index (χ2n) is 3.11. The molecule has 2 heteroatoms. The molecular weight excluding hydrogens is 148 g/mol. The fourth-order valence-electron chi connectivity index (χ4n) is 1.58. The summed E-state index contributed by atoms with van der Waals surface area (Å²) in [5.41, 5.74) is 2.68. The predicted molar refractivity (Wildman–Crippen MR) is 48.5 cm³/mol. The summed E-state index contributed by atoms with van der Waals surface area (Å²) in [5, 5.41) is 7.63. The molecule has 0 spiro atoms. The Kier molecular flexibility index (Phi) is 2.16. The first-order valence-electron chi connectivity index (χ1n) is 4.43. The molecule has 0 amide bonds. The number of hydrogen-bond acceptors (Lipinski definition) is 2. The molecule has 0 saturated carbocycles. The molecule has 1 aromatic rings. The van der Waals surface area contributed by atoms with E-state index in [0.717, 1.165) is 0 Å². The molecule has 0 unspecified atom stereocenters. The lowest BCUT2D eigenvalue weighted by molar-refractivity contribution is 0.741. The molecule has 0 radical (unpaired) electrons. The summed E-state index contributed by atoms with van der Waals surface area (Å²) in [6, 6.07) is 2.03. The minimum atomic E-state index is 1.20. The molecule has 0 saturated heterocycles. The average molecular weight is 160 g/mol. The number of hydrogen-bond donors (Lipinski definition) is 0. The van der Waals surface area contributed by atoms with Crippen molar-refractivity contribution in [3.8, 4) is 0 Å². The van der Waals surface area contributed by atoms with E-state index in [-0.39, 0.29) is 0 Å². The van der Waals surface area contributed by atoms with Crippen molar-refractivity contribution >= 4 is 5.57 Å². The molecule has 1 aromatic heterocycles. The summed E-state index contributed by atoms with van der Waals surface area (Å²) >= 11 is 0. The lowest BCUT2D eigenvalue weighted by Gasteiger charge is -2.11. The maximum absolute atomic E-state index is 3.87. The molecule has 0 N–H and O–H groups in total. The van der Waals surface area contributed by atoms with Crippen LogP contribution in [0.1, 0.15) is 31.2 Å². The van der Waals surface area contributed by atoms with E-state index in [1.165, 1.54) is 36.8 Å². The van der Waals surface area contributed by atoms with Crippen LogP contribution in [0.3, 0.4) is 0 Å². The number of aromatic nitrogens is 2. The van der Waals surface area contributed by atoms with E-state index in [1.807, 2.05) is 12.3 Å². The molecule has 0 aromatic carbocycles. The van der Waals surface area contributed by atoms with Crippen LogP contribution in [0.2, 0.25) is 0 Å². The first kappa shape index (κ1) is 7.47. The van der Waals surface area contributed by atoms with Crippen molar-refractivity contribution in [1.82, 2.24) is 10.2 Å². The zero-order valence-electron chi connectivity index (χ0n) is 7.03. The Labute approximate surface area is 72.3 Å². The van der Waals surface area contributed by atoms with Crippen LogP contribution in [-0.2, 0) is 0 Å². The number of nitrogens with zero attached hydrogens (tertiary/aromatic N) is 2. The van der Waals surface area contributed by atoms with Gasteiger partial charge >= 0.3 is 0 Å². The van der Waals surface area contributed by atoms with E-state index in [1.54, 1.807) is 6.20 Å². The van der Waals surface area contributed by atoms with Gasteiger partial charge in [-0.2, -0.15) is 10.2 Å². The fourth-order valence-corrected chi connectivity index (χ4v) is 1.58.